The average molecular weight is 284 g/mol. The number of amides is 1. The largest absolute Gasteiger partial charge is 0.481 e. The van der Waals surface area contributed by atoms with Gasteiger partial charge in [0.05, 0.1) is 0 Å². The summed E-state index contributed by atoms with van der Waals surface area (Å²) in [5, 5.41) is 3.48. The summed E-state index contributed by atoms with van der Waals surface area (Å²) in [7, 11) is 0. The minimum Gasteiger partial charge on any atom is -0.481 e. The minimum absolute atomic E-state index is 0.0972. The summed E-state index contributed by atoms with van der Waals surface area (Å²) < 4.78 is 5.65. The number of halogens is 1. The van der Waals surface area contributed by atoms with Gasteiger partial charge in [0.1, 0.15) is 5.75 Å². The van der Waals surface area contributed by atoms with Crippen LogP contribution in [0.2, 0.25) is 5.02 Å². The molecule has 1 aromatic rings. The maximum atomic E-state index is 11.9. The first-order valence-corrected chi connectivity index (χ1v) is 6.98. The number of carbonyl (C=O) groups excluding carboxylic acids is 1. The molecule has 1 N–H and O–H groups in total. The predicted molar refractivity (Wildman–Crippen MR) is 78.7 cm³/mol. The van der Waals surface area contributed by atoms with Crippen LogP contribution in [0.15, 0.2) is 18.2 Å². The van der Waals surface area contributed by atoms with E-state index in [4.69, 9.17) is 16.3 Å². The molecular formula is C15H22ClNO2. The van der Waals surface area contributed by atoms with Gasteiger partial charge in [-0.25, -0.2) is 0 Å². The van der Waals surface area contributed by atoms with E-state index in [1.54, 1.807) is 19.1 Å². The summed E-state index contributed by atoms with van der Waals surface area (Å²) in [5.41, 5.74) is 0.964. The monoisotopic (exact) mass is 283 g/mol. The Morgan fingerprint density at radius 1 is 1.37 bits per heavy atom. The molecule has 3 nitrogen and oxygen atoms in total. The van der Waals surface area contributed by atoms with Crippen molar-refractivity contribution >= 4 is 17.5 Å². The van der Waals surface area contributed by atoms with Crippen molar-refractivity contribution in [2.45, 2.75) is 40.2 Å². The number of hydrogen-bond donors (Lipinski definition) is 1. The molecule has 0 spiro atoms. The molecule has 0 aliphatic carbocycles. The Labute approximate surface area is 120 Å². The molecular weight excluding hydrogens is 262 g/mol. The molecule has 1 aromatic carbocycles. The number of ether oxygens (including phenoxy) is 1. The number of hydrogen-bond acceptors (Lipinski definition) is 2. The van der Waals surface area contributed by atoms with E-state index in [0.29, 0.717) is 23.2 Å². The number of aryl methyl sites for hydroxylation is 1. The van der Waals surface area contributed by atoms with E-state index in [2.05, 4.69) is 19.2 Å². The molecule has 0 bridgehead atoms. The molecule has 0 saturated carbocycles. The molecule has 106 valence electrons. The molecule has 0 fully saturated rings. The predicted octanol–water partition coefficient (Wildman–Crippen LogP) is 3.58. The van der Waals surface area contributed by atoms with Crippen molar-refractivity contribution in [2.75, 3.05) is 6.54 Å². The van der Waals surface area contributed by atoms with Gasteiger partial charge < -0.3 is 10.1 Å². The molecule has 1 unspecified atom stereocenters. The van der Waals surface area contributed by atoms with E-state index in [1.165, 1.54) is 0 Å². The topological polar surface area (TPSA) is 38.3 Å². The van der Waals surface area contributed by atoms with Crippen LogP contribution in [0.3, 0.4) is 0 Å². The number of benzene rings is 1. The molecule has 4 heteroatoms. The standard InChI is InChI=1S/C15H22ClNO2/c1-10(2)7-8-17-15(18)12(4)19-14-9-13(16)6-5-11(14)3/h5-6,9-10,12H,7-8H2,1-4H3,(H,17,18). The summed E-state index contributed by atoms with van der Waals surface area (Å²) >= 11 is 5.92. The molecule has 1 rings (SSSR count). The maximum absolute atomic E-state index is 11.9. The van der Waals surface area contributed by atoms with E-state index < -0.39 is 6.10 Å². The molecule has 0 saturated heterocycles. The zero-order valence-corrected chi connectivity index (χ0v) is 12.8. The lowest BCUT2D eigenvalue weighted by Gasteiger charge is -2.16. The normalized spacial score (nSPS) is 12.3. The van der Waals surface area contributed by atoms with Crippen LogP contribution in [0.4, 0.5) is 0 Å². The Hall–Kier alpha value is -1.22. The molecule has 0 radical (unpaired) electrons. The lowest BCUT2D eigenvalue weighted by Crippen LogP contribution is -2.37. The van der Waals surface area contributed by atoms with Crippen molar-refractivity contribution in [1.82, 2.24) is 5.32 Å². The first kappa shape index (κ1) is 15.8. The third-order valence-electron chi connectivity index (χ3n) is 2.84. The highest BCUT2D eigenvalue weighted by molar-refractivity contribution is 6.30. The zero-order chi connectivity index (χ0) is 14.4. The highest BCUT2D eigenvalue weighted by atomic mass is 35.5. The van der Waals surface area contributed by atoms with Gasteiger partial charge in [0, 0.05) is 11.6 Å². The van der Waals surface area contributed by atoms with Crippen molar-refractivity contribution in [1.29, 1.82) is 0 Å². The highest BCUT2D eigenvalue weighted by Gasteiger charge is 2.15. The molecule has 0 aromatic heterocycles. The summed E-state index contributed by atoms with van der Waals surface area (Å²) in [4.78, 5) is 11.9. The van der Waals surface area contributed by atoms with E-state index in [1.807, 2.05) is 13.0 Å². The fourth-order valence-corrected chi connectivity index (χ4v) is 1.73. The molecule has 1 amide bonds. The molecule has 0 heterocycles. The van der Waals surface area contributed by atoms with Gasteiger partial charge in [0.2, 0.25) is 0 Å². The van der Waals surface area contributed by atoms with Gasteiger partial charge >= 0.3 is 0 Å². The van der Waals surface area contributed by atoms with Crippen LogP contribution in [-0.4, -0.2) is 18.6 Å². The van der Waals surface area contributed by atoms with E-state index >= 15 is 0 Å². The van der Waals surface area contributed by atoms with Crippen molar-refractivity contribution in [3.05, 3.63) is 28.8 Å². The molecule has 0 aliphatic rings. The summed E-state index contributed by atoms with van der Waals surface area (Å²) in [6.45, 7) is 8.60. The summed E-state index contributed by atoms with van der Waals surface area (Å²) in [6, 6.07) is 5.41. The van der Waals surface area contributed by atoms with Crippen molar-refractivity contribution in [2.24, 2.45) is 5.92 Å². The van der Waals surface area contributed by atoms with Crippen molar-refractivity contribution in [3.8, 4) is 5.75 Å². The lowest BCUT2D eigenvalue weighted by atomic mass is 10.1. The SMILES string of the molecule is Cc1ccc(Cl)cc1OC(C)C(=O)NCCC(C)C. The van der Waals surface area contributed by atoms with Crippen molar-refractivity contribution < 1.29 is 9.53 Å². The molecule has 0 aliphatic heterocycles. The third kappa shape index (κ3) is 5.52. The summed E-state index contributed by atoms with van der Waals surface area (Å²) in [6.07, 6.45) is 0.443. The average Bonchev–Trinajstić information content (AvgIpc) is 2.33. The second-order valence-electron chi connectivity index (χ2n) is 5.14. The van der Waals surface area contributed by atoms with Crippen LogP contribution in [0.1, 0.15) is 32.8 Å². The Morgan fingerprint density at radius 2 is 2.05 bits per heavy atom. The van der Waals surface area contributed by atoms with E-state index in [-0.39, 0.29) is 5.91 Å². The van der Waals surface area contributed by atoms with Gasteiger partial charge in [0.15, 0.2) is 6.10 Å². The molecule has 19 heavy (non-hydrogen) atoms. The maximum Gasteiger partial charge on any atom is 0.260 e. The Kier molecular flexibility index (Phi) is 6.16. The second-order valence-corrected chi connectivity index (χ2v) is 5.58. The van der Waals surface area contributed by atoms with Crippen LogP contribution < -0.4 is 10.1 Å². The van der Waals surface area contributed by atoms with Crippen LogP contribution in [-0.2, 0) is 4.79 Å². The number of nitrogens with one attached hydrogen (secondary N) is 1. The summed E-state index contributed by atoms with van der Waals surface area (Å²) in [5.74, 6) is 1.13. The van der Waals surface area contributed by atoms with Gasteiger partial charge in [-0.15, -0.1) is 0 Å². The van der Waals surface area contributed by atoms with Gasteiger partial charge in [-0.05, 0) is 43.9 Å². The first-order chi connectivity index (χ1) is 8.90. The van der Waals surface area contributed by atoms with Gasteiger partial charge in [-0.3, -0.25) is 4.79 Å². The number of carbonyl (C=O) groups is 1. The second kappa shape index (κ2) is 7.39. The Bertz CT molecular complexity index is 432. The fourth-order valence-electron chi connectivity index (χ4n) is 1.57. The van der Waals surface area contributed by atoms with Crippen LogP contribution >= 0.6 is 11.6 Å². The molecule has 1 atom stereocenters. The van der Waals surface area contributed by atoms with Gasteiger partial charge in [0.25, 0.3) is 5.91 Å². The third-order valence-corrected chi connectivity index (χ3v) is 3.08. The van der Waals surface area contributed by atoms with Crippen LogP contribution in [0, 0.1) is 12.8 Å². The van der Waals surface area contributed by atoms with E-state index in [9.17, 15) is 4.79 Å². The Balaban J connectivity index is 2.51. The van der Waals surface area contributed by atoms with Crippen LogP contribution in [0.5, 0.6) is 5.75 Å². The first-order valence-electron chi connectivity index (χ1n) is 6.60. The minimum atomic E-state index is -0.524. The number of rotatable bonds is 6. The van der Waals surface area contributed by atoms with Crippen LogP contribution in [0.25, 0.3) is 0 Å². The zero-order valence-electron chi connectivity index (χ0n) is 12.0. The lowest BCUT2D eigenvalue weighted by molar-refractivity contribution is -0.127. The quantitative estimate of drug-likeness (QED) is 0.867. The van der Waals surface area contributed by atoms with Crippen molar-refractivity contribution in [3.63, 3.8) is 0 Å². The Morgan fingerprint density at radius 3 is 2.68 bits per heavy atom. The van der Waals surface area contributed by atoms with E-state index in [0.717, 1.165) is 12.0 Å². The fraction of sp³-hybridized carbons (Fsp3) is 0.533. The highest BCUT2D eigenvalue weighted by Crippen LogP contribution is 2.23. The smallest absolute Gasteiger partial charge is 0.260 e. The van der Waals surface area contributed by atoms with Gasteiger partial charge in [-0.1, -0.05) is 31.5 Å². The van der Waals surface area contributed by atoms with Gasteiger partial charge in [-0.2, -0.15) is 0 Å².